The molecule has 0 saturated carbocycles. The van der Waals surface area contributed by atoms with Gasteiger partial charge in [0.1, 0.15) is 0 Å². The molecule has 70 valence electrons. The molecule has 0 radical (unpaired) electrons. The van der Waals surface area contributed by atoms with Crippen molar-refractivity contribution in [3.05, 3.63) is 34.9 Å². The summed E-state index contributed by atoms with van der Waals surface area (Å²) in [5, 5.41) is 2.56. The third kappa shape index (κ3) is 3.15. The molecule has 1 aromatic carbocycles. The number of primary amides is 1. The molecule has 0 aliphatic carbocycles. The van der Waals surface area contributed by atoms with Gasteiger partial charge in [0, 0.05) is 6.54 Å². The molecule has 3 heteroatoms. The van der Waals surface area contributed by atoms with Crippen LogP contribution in [0, 0.1) is 13.8 Å². The quantitative estimate of drug-likeness (QED) is 0.708. The fourth-order valence-corrected chi connectivity index (χ4v) is 1.36. The summed E-state index contributed by atoms with van der Waals surface area (Å²) >= 11 is 0. The summed E-state index contributed by atoms with van der Waals surface area (Å²) in [5.74, 6) is 0. The van der Waals surface area contributed by atoms with E-state index in [4.69, 9.17) is 5.73 Å². The Hall–Kier alpha value is -1.51. The molecule has 0 spiro atoms. The minimum absolute atomic E-state index is 0.487. The number of rotatable bonds is 2. The lowest BCUT2D eigenvalue weighted by molar-refractivity contribution is 0.248. The number of carbonyl (C=O) groups is 1. The fourth-order valence-electron chi connectivity index (χ4n) is 1.36. The Kier molecular flexibility index (Phi) is 2.90. The highest BCUT2D eigenvalue weighted by molar-refractivity contribution is 5.71. The number of urea groups is 1. The highest BCUT2D eigenvalue weighted by atomic mass is 16.2. The first-order chi connectivity index (χ1) is 6.08. The van der Waals surface area contributed by atoms with E-state index in [1.165, 1.54) is 11.1 Å². The number of aryl methyl sites for hydroxylation is 2. The van der Waals surface area contributed by atoms with E-state index >= 15 is 0 Å². The van der Waals surface area contributed by atoms with Gasteiger partial charge >= 0.3 is 6.03 Å². The number of hydrogen-bond acceptors (Lipinski definition) is 1. The van der Waals surface area contributed by atoms with Gasteiger partial charge in [0.25, 0.3) is 0 Å². The second kappa shape index (κ2) is 3.94. The van der Waals surface area contributed by atoms with E-state index in [9.17, 15) is 4.79 Å². The predicted octanol–water partition coefficient (Wildman–Crippen LogP) is 1.47. The summed E-state index contributed by atoms with van der Waals surface area (Å²) in [4.78, 5) is 10.5. The Bertz CT molecular complexity index is 300. The average Bonchev–Trinajstić information content (AvgIpc) is 1.99. The number of carbonyl (C=O) groups excluding carboxylic acids is 1. The SMILES string of the molecule is Cc1cc(C)cc(CNC(N)=O)c1. The van der Waals surface area contributed by atoms with Crippen molar-refractivity contribution in [1.29, 1.82) is 0 Å². The lowest BCUT2D eigenvalue weighted by Gasteiger charge is -2.04. The lowest BCUT2D eigenvalue weighted by atomic mass is 10.1. The van der Waals surface area contributed by atoms with Crippen LogP contribution in [-0.2, 0) is 6.54 Å². The Balaban J connectivity index is 2.71. The summed E-state index contributed by atoms with van der Waals surface area (Å²) in [6, 6.07) is 5.67. The topological polar surface area (TPSA) is 55.1 Å². The third-order valence-electron chi connectivity index (χ3n) is 1.75. The molecule has 13 heavy (non-hydrogen) atoms. The molecule has 2 amide bonds. The first-order valence-corrected chi connectivity index (χ1v) is 4.18. The van der Waals surface area contributed by atoms with Gasteiger partial charge in [-0.3, -0.25) is 0 Å². The molecule has 3 N–H and O–H groups in total. The largest absolute Gasteiger partial charge is 0.352 e. The van der Waals surface area contributed by atoms with Crippen LogP contribution in [0.1, 0.15) is 16.7 Å². The average molecular weight is 178 g/mol. The van der Waals surface area contributed by atoms with Gasteiger partial charge in [0.2, 0.25) is 0 Å². The first kappa shape index (κ1) is 9.58. The van der Waals surface area contributed by atoms with Gasteiger partial charge in [0.05, 0.1) is 0 Å². The second-order valence-electron chi connectivity index (χ2n) is 3.21. The zero-order valence-corrected chi connectivity index (χ0v) is 7.92. The van der Waals surface area contributed by atoms with E-state index in [1.54, 1.807) is 0 Å². The molecule has 3 nitrogen and oxygen atoms in total. The van der Waals surface area contributed by atoms with Crippen molar-refractivity contribution in [3.63, 3.8) is 0 Å². The van der Waals surface area contributed by atoms with Crippen LogP contribution in [0.15, 0.2) is 18.2 Å². The second-order valence-corrected chi connectivity index (χ2v) is 3.21. The van der Waals surface area contributed by atoms with E-state index in [0.717, 1.165) is 5.56 Å². The number of nitrogens with one attached hydrogen (secondary N) is 1. The predicted molar refractivity (Wildman–Crippen MR) is 52.3 cm³/mol. The van der Waals surface area contributed by atoms with Crippen LogP contribution in [0.5, 0.6) is 0 Å². The molecule has 0 fully saturated rings. The van der Waals surface area contributed by atoms with Crippen molar-refractivity contribution in [2.45, 2.75) is 20.4 Å². The number of nitrogens with two attached hydrogens (primary N) is 1. The Labute approximate surface area is 77.9 Å². The van der Waals surface area contributed by atoms with Gasteiger partial charge < -0.3 is 11.1 Å². The zero-order valence-electron chi connectivity index (χ0n) is 7.92. The fraction of sp³-hybridized carbons (Fsp3) is 0.300. The van der Waals surface area contributed by atoms with Gasteiger partial charge in [-0.05, 0) is 19.4 Å². The van der Waals surface area contributed by atoms with E-state index in [0.29, 0.717) is 6.54 Å². The van der Waals surface area contributed by atoms with Gasteiger partial charge in [-0.15, -0.1) is 0 Å². The zero-order chi connectivity index (χ0) is 9.84. The number of amides is 2. The van der Waals surface area contributed by atoms with Crippen molar-refractivity contribution in [1.82, 2.24) is 5.32 Å². The molecule has 1 rings (SSSR count). The monoisotopic (exact) mass is 178 g/mol. The maximum absolute atomic E-state index is 10.5. The van der Waals surface area contributed by atoms with Crippen molar-refractivity contribution < 1.29 is 4.79 Å². The minimum atomic E-state index is -0.487. The van der Waals surface area contributed by atoms with E-state index in [1.807, 2.05) is 26.0 Å². The molecule has 0 saturated heterocycles. The molecular weight excluding hydrogens is 164 g/mol. The molecule has 0 bridgehead atoms. The van der Waals surface area contributed by atoms with Crippen LogP contribution in [0.4, 0.5) is 4.79 Å². The van der Waals surface area contributed by atoms with Crippen LogP contribution in [0.2, 0.25) is 0 Å². The van der Waals surface area contributed by atoms with E-state index in [2.05, 4.69) is 11.4 Å². The standard InChI is InChI=1S/C10H14N2O/c1-7-3-8(2)5-9(4-7)6-12-10(11)13/h3-5H,6H2,1-2H3,(H3,11,12,13). The van der Waals surface area contributed by atoms with Crippen LogP contribution in [0.3, 0.4) is 0 Å². The molecule has 0 aliphatic heterocycles. The van der Waals surface area contributed by atoms with E-state index in [-0.39, 0.29) is 0 Å². The summed E-state index contributed by atoms with van der Waals surface area (Å²) in [5.41, 5.74) is 8.44. The molecule has 0 aliphatic rings. The third-order valence-corrected chi connectivity index (χ3v) is 1.75. The highest BCUT2D eigenvalue weighted by Crippen LogP contribution is 2.08. The normalized spacial score (nSPS) is 9.69. The molecule has 1 aromatic rings. The van der Waals surface area contributed by atoms with Crippen molar-refractivity contribution in [2.24, 2.45) is 5.73 Å². The smallest absolute Gasteiger partial charge is 0.312 e. The molecule has 0 aromatic heterocycles. The Morgan fingerprint density at radius 2 is 1.85 bits per heavy atom. The Morgan fingerprint density at radius 3 is 2.31 bits per heavy atom. The van der Waals surface area contributed by atoms with Crippen LogP contribution >= 0.6 is 0 Å². The molecular formula is C10H14N2O. The lowest BCUT2D eigenvalue weighted by Crippen LogP contribution is -2.28. The number of benzene rings is 1. The maximum Gasteiger partial charge on any atom is 0.312 e. The van der Waals surface area contributed by atoms with Gasteiger partial charge in [0.15, 0.2) is 0 Å². The van der Waals surface area contributed by atoms with Crippen molar-refractivity contribution >= 4 is 6.03 Å². The van der Waals surface area contributed by atoms with Gasteiger partial charge in [-0.25, -0.2) is 4.79 Å². The number of hydrogen-bond donors (Lipinski definition) is 2. The van der Waals surface area contributed by atoms with Crippen molar-refractivity contribution in [3.8, 4) is 0 Å². The first-order valence-electron chi connectivity index (χ1n) is 4.18. The maximum atomic E-state index is 10.5. The summed E-state index contributed by atoms with van der Waals surface area (Å²) in [6.45, 7) is 4.55. The highest BCUT2D eigenvalue weighted by Gasteiger charge is 1.96. The van der Waals surface area contributed by atoms with Gasteiger partial charge in [-0.1, -0.05) is 29.3 Å². The van der Waals surface area contributed by atoms with Crippen LogP contribution in [-0.4, -0.2) is 6.03 Å². The Morgan fingerprint density at radius 1 is 1.31 bits per heavy atom. The minimum Gasteiger partial charge on any atom is -0.352 e. The summed E-state index contributed by atoms with van der Waals surface area (Å²) in [6.07, 6.45) is 0. The van der Waals surface area contributed by atoms with Crippen LogP contribution < -0.4 is 11.1 Å². The van der Waals surface area contributed by atoms with E-state index < -0.39 is 6.03 Å². The summed E-state index contributed by atoms with van der Waals surface area (Å²) < 4.78 is 0. The molecule has 0 atom stereocenters. The molecule has 0 heterocycles. The summed E-state index contributed by atoms with van der Waals surface area (Å²) in [7, 11) is 0. The molecule has 0 unspecified atom stereocenters. The van der Waals surface area contributed by atoms with Crippen LogP contribution in [0.25, 0.3) is 0 Å². The van der Waals surface area contributed by atoms with Crippen molar-refractivity contribution in [2.75, 3.05) is 0 Å². The van der Waals surface area contributed by atoms with Gasteiger partial charge in [-0.2, -0.15) is 0 Å².